The van der Waals surface area contributed by atoms with Gasteiger partial charge in [-0.15, -0.1) is 0 Å². The van der Waals surface area contributed by atoms with Crippen LogP contribution in [0.5, 0.6) is 0 Å². The zero-order valence-electron chi connectivity index (χ0n) is 9.53. The van der Waals surface area contributed by atoms with E-state index in [1.807, 2.05) is 0 Å². The molecule has 3 aliphatic rings. The predicted octanol–water partition coefficient (Wildman–Crippen LogP) is 2.32. The molecular weight excluding hydrogens is 186 g/mol. The van der Waals surface area contributed by atoms with Gasteiger partial charge in [-0.05, 0) is 56.3 Å². The Morgan fingerprint density at radius 2 is 2.13 bits per heavy atom. The van der Waals surface area contributed by atoms with Gasteiger partial charge in [0.15, 0.2) is 0 Å². The van der Waals surface area contributed by atoms with Crippen molar-refractivity contribution in [1.29, 1.82) is 0 Å². The molecule has 5 atom stereocenters. The fourth-order valence-corrected chi connectivity index (χ4v) is 4.11. The maximum Gasteiger partial charge on any atom is 0.0726 e. The summed E-state index contributed by atoms with van der Waals surface area (Å²) in [6, 6.07) is 0.317. The number of fused-ring (bicyclic) bond motifs is 2. The lowest BCUT2D eigenvalue weighted by Gasteiger charge is -2.27. The maximum absolute atomic E-state index is 6.27. The monoisotopic (exact) mass is 209 g/mol. The molecule has 0 radical (unpaired) electrons. The molecular formula is C13H23NO. The molecule has 86 valence electrons. The first-order chi connectivity index (χ1) is 7.33. The highest BCUT2D eigenvalue weighted by molar-refractivity contribution is 4.92. The van der Waals surface area contributed by atoms with E-state index < -0.39 is 0 Å². The van der Waals surface area contributed by atoms with E-state index in [9.17, 15) is 0 Å². The molecule has 0 amide bonds. The van der Waals surface area contributed by atoms with E-state index in [2.05, 4.69) is 0 Å². The molecule has 0 aromatic heterocycles. The highest BCUT2D eigenvalue weighted by atomic mass is 16.5. The number of hydrogen-bond acceptors (Lipinski definition) is 2. The Morgan fingerprint density at radius 1 is 1.20 bits per heavy atom. The van der Waals surface area contributed by atoms with Gasteiger partial charge in [0.1, 0.15) is 0 Å². The molecule has 15 heavy (non-hydrogen) atoms. The van der Waals surface area contributed by atoms with Crippen molar-refractivity contribution in [3.63, 3.8) is 0 Å². The molecule has 3 rings (SSSR count). The Morgan fingerprint density at radius 3 is 2.73 bits per heavy atom. The maximum atomic E-state index is 6.27. The minimum Gasteiger partial charge on any atom is -0.377 e. The van der Waals surface area contributed by atoms with E-state index in [4.69, 9.17) is 10.5 Å². The van der Waals surface area contributed by atoms with E-state index >= 15 is 0 Å². The highest BCUT2D eigenvalue weighted by Gasteiger charge is 2.40. The fourth-order valence-electron chi connectivity index (χ4n) is 4.11. The standard InChI is InChI=1S/C13H23NO/c14-12(13-2-1-5-15-13)8-11-7-9-3-4-10(11)6-9/h9-13H,1-8,14H2. The van der Waals surface area contributed by atoms with Crippen molar-refractivity contribution < 1.29 is 4.74 Å². The first kappa shape index (κ1) is 10.1. The summed E-state index contributed by atoms with van der Waals surface area (Å²) in [7, 11) is 0. The zero-order valence-corrected chi connectivity index (χ0v) is 9.53. The lowest BCUT2D eigenvalue weighted by Crippen LogP contribution is -2.36. The first-order valence-corrected chi connectivity index (χ1v) is 6.70. The van der Waals surface area contributed by atoms with Gasteiger partial charge in [0.25, 0.3) is 0 Å². The third kappa shape index (κ3) is 1.94. The summed E-state index contributed by atoms with van der Waals surface area (Å²) < 4.78 is 5.68. The van der Waals surface area contributed by atoms with E-state index in [0.29, 0.717) is 12.1 Å². The molecule has 2 bridgehead atoms. The van der Waals surface area contributed by atoms with E-state index in [1.54, 1.807) is 0 Å². The Labute approximate surface area is 92.6 Å². The van der Waals surface area contributed by atoms with Gasteiger partial charge >= 0.3 is 0 Å². The SMILES string of the molecule is NC(CC1CC2CCC1C2)C1CCCO1. The minimum atomic E-state index is 0.317. The lowest BCUT2D eigenvalue weighted by atomic mass is 9.83. The van der Waals surface area contributed by atoms with E-state index in [-0.39, 0.29) is 0 Å². The number of ether oxygens (including phenoxy) is 1. The van der Waals surface area contributed by atoms with Gasteiger partial charge in [0.05, 0.1) is 6.10 Å². The van der Waals surface area contributed by atoms with Crippen LogP contribution in [0.2, 0.25) is 0 Å². The molecule has 2 N–H and O–H groups in total. The smallest absolute Gasteiger partial charge is 0.0726 e. The molecule has 2 heteroatoms. The van der Waals surface area contributed by atoms with Crippen LogP contribution in [0.4, 0.5) is 0 Å². The van der Waals surface area contributed by atoms with Crippen LogP contribution < -0.4 is 5.73 Å². The van der Waals surface area contributed by atoms with Gasteiger partial charge in [0.2, 0.25) is 0 Å². The lowest BCUT2D eigenvalue weighted by molar-refractivity contribution is 0.0785. The van der Waals surface area contributed by atoms with Crippen LogP contribution in [0.25, 0.3) is 0 Å². The molecule has 0 aromatic carbocycles. The average molecular weight is 209 g/mol. The molecule has 5 unspecified atom stereocenters. The molecule has 3 fully saturated rings. The van der Waals surface area contributed by atoms with Crippen LogP contribution in [0.15, 0.2) is 0 Å². The largest absolute Gasteiger partial charge is 0.377 e. The van der Waals surface area contributed by atoms with Gasteiger partial charge in [-0.1, -0.05) is 6.42 Å². The quantitative estimate of drug-likeness (QED) is 0.774. The van der Waals surface area contributed by atoms with Crippen LogP contribution in [0, 0.1) is 17.8 Å². The van der Waals surface area contributed by atoms with Gasteiger partial charge in [-0.3, -0.25) is 0 Å². The Bertz CT molecular complexity index is 225. The third-order valence-corrected chi connectivity index (χ3v) is 4.90. The summed E-state index contributed by atoms with van der Waals surface area (Å²) in [4.78, 5) is 0. The van der Waals surface area contributed by atoms with Crippen molar-refractivity contribution in [2.45, 2.75) is 57.1 Å². The number of nitrogens with two attached hydrogens (primary N) is 1. The highest BCUT2D eigenvalue weighted by Crippen LogP contribution is 2.50. The fraction of sp³-hybridized carbons (Fsp3) is 1.00. The van der Waals surface area contributed by atoms with Crippen LogP contribution in [-0.2, 0) is 4.74 Å². The van der Waals surface area contributed by atoms with Crippen molar-refractivity contribution in [3.05, 3.63) is 0 Å². The van der Waals surface area contributed by atoms with Gasteiger partial charge in [0, 0.05) is 12.6 Å². The number of hydrogen-bond donors (Lipinski definition) is 1. The Balaban J connectivity index is 1.52. The summed E-state index contributed by atoms with van der Waals surface area (Å²) in [5.41, 5.74) is 6.27. The summed E-state index contributed by atoms with van der Waals surface area (Å²) >= 11 is 0. The van der Waals surface area contributed by atoms with Crippen LogP contribution >= 0.6 is 0 Å². The molecule has 2 nitrogen and oxygen atoms in total. The van der Waals surface area contributed by atoms with Crippen LogP contribution in [-0.4, -0.2) is 18.8 Å². The van der Waals surface area contributed by atoms with Crippen molar-refractivity contribution in [1.82, 2.24) is 0 Å². The molecule has 0 spiro atoms. The molecule has 1 heterocycles. The second-order valence-corrected chi connectivity index (χ2v) is 5.89. The Kier molecular flexibility index (Phi) is 2.73. The zero-order chi connectivity index (χ0) is 10.3. The second-order valence-electron chi connectivity index (χ2n) is 5.89. The molecule has 0 aromatic rings. The minimum absolute atomic E-state index is 0.317. The van der Waals surface area contributed by atoms with Crippen molar-refractivity contribution in [3.8, 4) is 0 Å². The van der Waals surface area contributed by atoms with Gasteiger partial charge in [-0.25, -0.2) is 0 Å². The average Bonchev–Trinajstić information content (AvgIpc) is 2.95. The molecule has 2 aliphatic carbocycles. The third-order valence-electron chi connectivity index (χ3n) is 4.90. The summed E-state index contributed by atoms with van der Waals surface area (Å²) in [5.74, 6) is 3.00. The topological polar surface area (TPSA) is 35.2 Å². The van der Waals surface area contributed by atoms with E-state index in [0.717, 1.165) is 24.4 Å². The van der Waals surface area contributed by atoms with Crippen LogP contribution in [0.3, 0.4) is 0 Å². The van der Waals surface area contributed by atoms with Crippen molar-refractivity contribution >= 4 is 0 Å². The van der Waals surface area contributed by atoms with Crippen molar-refractivity contribution in [2.75, 3.05) is 6.61 Å². The predicted molar refractivity (Wildman–Crippen MR) is 60.5 cm³/mol. The Hall–Kier alpha value is -0.0800. The van der Waals surface area contributed by atoms with Gasteiger partial charge < -0.3 is 10.5 Å². The summed E-state index contributed by atoms with van der Waals surface area (Å²) in [5, 5.41) is 0. The van der Waals surface area contributed by atoms with Crippen LogP contribution in [0.1, 0.15) is 44.9 Å². The summed E-state index contributed by atoms with van der Waals surface area (Å²) in [6.07, 6.45) is 9.96. The molecule has 1 aliphatic heterocycles. The molecule has 1 saturated heterocycles. The second kappa shape index (κ2) is 4.06. The van der Waals surface area contributed by atoms with E-state index in [1.165, 1.54) is 44.9 Å². The van der Waals surface area contributed by atoms with Crippen molar-refractivity contribution in [2.24, 2.45) is 23.5 Å². The normalized spacial score (nSPS) is 46.2. The number of rotatable bonds is 3. The van der Waals surface area contributed by atoms with Gasteiger partial charge in [-0.2, -0.15) is 0 Å². The molecule has 2 saturated carbocycles. The summed E-state index contributed by atoms with van der Waals surface area (Å²) in [6.45, 7) is 0.940. The first-order valence-electron chi connectivity index (χ1n) is 6.70.